The van der Waals surface area contributed by atoms with Gasteiger partial charge in [0.05, 0.1) is 23.9 Å². The van der Waals surface area contributed by atoms with Crippen molar-refractivity contribution in [3.05, 3.63) is 46.8 Å². The minimum atomic E-state index is -0.0820. The van der Waals surface area contributed by atoms with Crippen LogP contribution in [0, 0.1) is 0 Å². The number of nitrogens with two attached hydrogens (primary N) is 1. The van der Waals surface area contributed by atoms with Crippen molar-refractivity contribution in [3.8, 4) is 5.75 Å². The lowest BCUT2D eigenvalue weighted by atomic mass is 10.2. The van der Waals surface area contributed by atoms with Gasteiger partial charge in [0.1, 0.15) is 11.5 Å². The van der Waals surface area contributed by atoms with Crippen LogP contribution < -0.4 is 15.8 Å². The number of hydrogen-bond acceptors (Lipinski definition) is 4. The van der Waals surface area contributed by atoms with E-state index in [-0.39, 0.29) is 6.04 Å². The summed E-state index contributed by atoms with van der Waals surface area (Å²) in [4.78, 5) is 0. The molecule has 0 saturated carbocycles. The number of methoxy groups -OCH3 is 1. The summed E-state index contributed by atoms with van der Waals surface area (Å²) in [5.74, 6) is 1.59. The molecule has 4 nitrogen and oxygen atoms in total. The Hall–Kier alpha value is -1.46. The average molecular weight is 311 g/mol. The van der Waals surface area contributed by atoms with Gasteiger partial charge in [0.25, 0.3) is 0 Å². The van der Waals surface area contributed by atoms with Gasteiger partial charge in [-0.3, -0.25) is 0 Å². The molecular formula is C13H15BrN2O2. The second-order valence-corrected chi connectivity index (χ2v) is 4.65. The summed E-state index contributed by atoms with van der Waals surface area (Å²) in [6.45, 7) is 0.434. The SMILES string of the molecule is COc1cccc(NC(CN)c2occc2Br)c1. The van der Waals surface area contributed by atoms with Crippen LogP contribution in [0.1, 0.15) is 11.8 Å². The predicted octanol–water partition coefficient (Wildman–Crippen LogP) is 3.16. The zero-order valence-corrected chi connectivity index (χ0v) is 11.6. The average Bonchev–Trinajstić information content (AvgIpc) is 2.82. The topological polar surface area (TPSA) is 60.4 Å². The second-order valence-electron chi connectivity index (χ2n) is 3.80. The number of anilines is 1. The van der Waals surface area contributed by atoms with Crippen molar-refractivity contribution in [2.75, 3.05) is 19.0 Å². The fraction of sp³-hybridized carbons (Fsp3) is 0.231. The molecule has 0 bridgehead atoms. The molecule has 1 atom stereocenters. The van der Waals surface area contributed by atoms with Crippen LogP contribution in [0.2, 0.25) is 0 Å². The van der Waals surface area contributed by atoms with E-state index in [0.29, 0.717) is 6.54 Å². The maximum absolute atomic E-state index is 5.78. The normalized spacial score (nSPS) is 12.2. The molecule has 18 heavy (non-hydrogen) atoms. The molecular weight excluding hydrogens is 296 g/mol. The molecule has 1 unspecified atom stereocenters. The molecule has 0 aliphatic rings. The zero-order valence-electron chi connectivity index (χ0n) is 10.0. The number of nitrogens with one attached hydrogen (secondary N) is 1. The van der Waals surface area contributed by atoms with Crippen LogP contribution in [0.5, 0.6) is 5.75 Å². The lowest BCUT2D eigenvalue weighted by molar-refractivity contribution is 0.415. The summed E-state index contributed by atoms with van der Waals surface area (Å²) < 4.78 is 11.5. The third-order valence-corrected chi connectivity index (χ3v) is 3.26. The van der Waals surface area contributed by atoms with E-state index in [0.717, 1.165) is 21.7 Å². The van der Waals surface area contributed by atoms with Crippen molar-refractivity contribution in [3.63, 3.8) is 0 Å². The summed E-state index contributed by atoms with van der Waals surface area (Å²) in [6, 6.07) is 9.46. The first-order chi connectivity index (χ1) is 8.74. The third kappa shape index (κ3) is 2.86. The van der Waals surface area contributed by atoms with Crippen LogP contribution in [0.15, 0.2) is 45.5 Å². The maximum atomic E-state index is 5.78. The summed E-state index contributed by atoms with van der Waals surface area (Å²) >= 11 is 3.44. The highest BCUT2D eigenvalue weighted by Gasteiger charge is 2.16. The molecule has 0 spiro atoms. The molecule has 5 heteroatoms. The lowest BCUT2D eigenvalue weighted by Crippen LogP contribution is -2.20. The van der Waals surface area contributed by atoms with Crippen molar-refractivity contribution < 1.29 is 9.15 Å². The monoisotopic (exact) mass is 310 g/mol. The Balaban J connectivity index is 2.18. The molecule has 0 amide bonds. The number of halogens is 1. The van der Waals surface area contributed by atoms with Crippen molar-refractivity contribution in [1.29, 1.82) is 0 Å². The Morgan fingerprint density at radius 1 is 1.44 bits per heavy atom. The molecule has 1 aromatic heterocycles. The molecule has 0 fully saturated rings. The lowest BCUT2D eigenvalue weighted by Gasteiger charge is -2.17. The Kier molecular flexibility index (Phi) is 4.28. The van der Waals surface area contributed by atoms with E-state index in [1.165, 1.54) is 0 Å². The molecule has 96 valence electrons. The van der Waals surface area contributed by atoms with Crippen LogP contribution in [-0.2, 0) is 0 Å². The van der Waals surface area contributed by atoms with Gasteiger partial charge in [-0.2, -0.15) is 0 Å². The fourth-order valence-corrected chi connectivity index (χ4v) is 2.18. The van der Waals surface area contributed by atoms with E-state index in [1.54, 1.807) is 13.4 Å². The van der Waals surface area contributed by atoms with E-state index in [4.69, 9.17) is 14.9 Å². The highest BCUT2D eigenvalue weighted by molar-refractivity contribution is 9.10. The largest absolute Gasteiger partial charge is 0.497 e. The molecule has 2 aromatic rings. The molecule has 0 aliphatic heterocycles. The van der Waals surface area contributed by atoms with Crippen molar-refractivity contribution in [2.24, 2.45) is 5.73 Å². The fourth-order valence-electron chi connectivity index (χ4n) is 1.70. The van der Waals surface area contributed by atoms with Crippen LogP contribution in [0.4, 0.5) is 5.69 Å². The highest BCUT2D eigenvalue weighted by Crippen LogP contribution is 2.28. The molecule has 0 radical (unpaired) electrons. The van der Waals surface area contributed by atoms with Crippen LogP contribution >= 0.6 is 15.9 Å². The van der Waals surface area contributed by atoms with Gasteiger partial charge in [-0.1, -0.05) is 6.07 Å². The van der Waals surface area contributed by atoms with Crippen molar-refractivity contribution in [2.45, 2.75) is 6.04 Å². The smallest absolute Gasteiger partial charge is 0.141 e. The van der Waals surface area contributed by atoms with Crippen LogP contribution in [-0.4, -0.2) is 13.7 Å². The van der Waals surface area contributed by atoms with E-state index in [2.05, 4.69) is 21.2 Å². The number of rotatable bonds is 5. The van der Waals surface area contributed by atoms with Gasteiger partial charge < -0.3 is 20.2 Å². The predicted molar refractivity (Wildman–Crippen MR) is 74.8 cm³/mol. The number of ether oxygens (including phenoxy) is 1. The van der Waals surface area contributed by atoms with E-state index >= 15 is 0 Å². The summed E-state index contributed by atoms with van der Waals surface area (Å²) in [6.07, 6.45) is 1.63. The first-order valence-corrected chi connectivity index (χ1v) is 6.37. The van der Waals surface area contributed by atoms with Gasteiger partial charge in [-0.15, -0.1) is 0 Å². The summed E-state index contributed by atoms with van der Waals surface area (Å²) in [7, 11) is 1.64. The number of furan rings is 1. The summed E-state index contributed by atoms with van der Waals surface area (Å²) in [5, 5.41) is 3.32. The Bertz CT molecular complexity index is 513. The van der Waals surface area contributed by atoms with Gasteiger partial charge in [-0.25, -0.2) is 0 Å². The van der Waals surface area contributed by atoms with Gasteiger partial charge in [0.15, 0.2) is 0 Å². The first-order valence-electron chi connectivity index (χ1n) is 5.58. The van der Waals surface area contributed by atoms with E-state index in [1.807, 2.05) is 30.3 Å². The maximum Gasteiger partial charge on any atom is 0.141 e. The Morgan fingerprint density at radius 2 is 2.28 bits per heavy atom. The molecule has 3 N–H and O–H groups in total. The zero-order chi connectivity index (χ0) is 13.0. The van der Waals surface area contributed by atoms with E-state index < -0.39 is 0 Å². The van der Waals surface area contributed by atoms with E-state index in [9.17, 15) is 0 Å². The molecule has 1 heterocycles. The van der Waals surface area contributed by atoms with Gasteiger partial charge in [0.2, 0.25) is 0 Å². The Morgan fingerprint density at radius 3 is 2.89 bits per heavy atom. The number of benzene rings is 1. The van der Waals surface area contributed by atoms with Crippen LogP contribution in [0.25, 0.3) is 0 Å². The minimum absolute atomic E-state index is 0.0820. The Labute approximate surface area is 114 Å². The van der Waals surface area contributed by atoms with Crippen molar-refractivity contribution >= 4 is 21.6 Å². The van der Waals surface area contributed by atoms with Gasteiger partial charge in [0, 0.05) is 18.3 Å². The highest BCUT2D eigenvalue weighted by atomic mass is 79.9. The third-order valence-electron chi connectivity index (χ3n) is 2.61. The quantitative estimate of drug-likeness (QED) is 0.890. The second kappa shape index (κ2) is 5.93. The molecule has 0 aliphatic carbocycles. The molecule has 1 aromatic carbocycles. The standard InChI is InChI=1S/C13H15BrN2O2/c1-17-10-4-2-3-9(7-10)16-12(8-15)13-11(14)5-6-18-13/h2-7,12,16H,8,15H2,1H3. The number of hydrogen-bond donors (Lipinski definition) is 2. The molecule has 0 saturated heterocycles. The van der Waals surface area contributed by atoms with Crippen molar-refractivity contribution in [1.82, 2.24) is 0 Å². The van der Waals surface area contributed by atoms with Gasteiger partial charge in [-0.05, 0) is 34.1 Å². The minimum Gasteiger partial charge on any atom is -0.497 e. The first kappa shape index (κ1) is 13.0. The van der Waals surface area contributed by atoms with Crippen LogP contribution in [0.3, 0.4) is 0 Å². The van der Waals surface area contributed by atoms with Gasteiger partial charge >= 0.3 is 0 Å². The molecule has 2 rings (SSSR count). The summed E-state index contributed by atoms with van der Waals surface area (Å²) in [5.41, 5.74) is 6.71.